The number of nitrogens with zero attached hydrogens (tertiary/aromatic N) is 1. The topological polar surface area (TPSA) is 298 Å². The van der Waals surface area contributed by atoms with Gasteiger partial charge in [-0.3, -0.25) is 24.0 Å². The molecule has 7 rings (SSSR count). The maximum atomic E-state index is 15.3. The number of hydrogen-bond donors (Lipinski definition) is 5. The first-order valence-corrected chi connectivity index (χ1v) is 25.3. The first-order valence-electron chi connectivity index (χ1n) is 25.3. The van der Waals surface area contributed by atoms with Gasteiger partial charge in [-0.15, -0.1) is 0 Å². The zero-order chi connectivity index (χ0) is 57.6. The number of carboxylic acids is 1. The van der Waals surface area contributed by atoms with E-state index in [-0.39, 0.29) is 24.3 Å². The van der Waals surface area contributed by atoms with Gasteiger partial charge in [-0.05, 0) is 40.5 Å². The number of alkyl carbamates (subject to hydrolysis) is 2. The van der Waals surface area contributed by atoms with E-state index in [0.29, 0.717) is 22.3 Å². The SMILES string of the molecule is CC(=O)O[C@H]1[C@H](OC(C)=O)[C@@H](CN(C[C@H]2O[C@@](O)(Cc3ccccc3)[C@H](NC(=O)OCc3ccccc3)[C@@H](OC(C)=O)[C@@H]2OC(C)=O)C(=O)c2cccc(C(=O)O)c2)O[C@@](O)(Cc2ccccc2)[C@@H]1NC(=O)OCc1ccccc1. The van der Waals surface area contributed by atoms with Gasteiger partial charge in [-0.1, -0.05) is 127 Å². The molecule has 0 radical (unpaired) electrons. The highest BCUT2D eigenvalue weighted by atomic mass is 16.7. The lowest BCUT2D eigenvalue weighted by Crippen LogP contribution is -2.74. The van der Waals surface area contributed by atoms with Crippen molar-refractivity contribution in [3.63, 3.8) is 0 Å². The summed E-state index contributed by atoms with van der Waals surface area (Å²) in [4.78, 5) is 109. The maximum absolute atomic E-state index is 15.3. The Morgan fingerprint density at radius 1 is 0.475 bits per heavy atom. The molecule has 0 saturated carbocycles. The summed E-state index contributed by atoms with van der Waals surface area (Å²) in [5.74, 6) is -11.6. The predicted molar refractivity (Wildman–Crippen MR) is 279 cm³/mol. The molecule has 2 heterocycles. The van der Waals surface area contributed by atoms with Gasteiger partial charge in [0.05, 0.1) is 18.7 Å². The van der Waals surface area contributed by atoms with E-state index in [1.165, 1.54) is 18.2 Å². The number of amides is 3. The third kappa shape index (κ3) is 15.7. The van der Waals surface area contributed by atoms with E-state index in [0.717, 1.165) is 38.7 Å². The summed E-state index contributed by atoms with van der Waals surface area (Å²) in [6.45, 7) is 2.01. The Morgan fingerprint density at radius 2 is 0.812 bits per heavy atom. The summed E-state index contributed by atoms with van der Waals surface area (Å²) < 4.78 is 47.6. The highest BCUT2D eigenvalue weighted by molar-refractivity contribution is 5.97. The molecule has 422 valence electrons. The van der Waals surface area contributed by atoms with Crippen LogP contribution in [-0.4, -0.2) is 142 Å². The smallest absolute Gasteiger partial charge is 0.408 e. The number of benzene rings is 5. The lowest BCUT2D eigenvalue weighted by atomic mass is 9.85. The molecule has 0 unspecified atom stereocenters. The second-order valence-corrected chi connectivity index (χ2v) is 19.1. The van der Waals surface area contributed by atoms with Crippen molar-refractivity contribution in [3.8, 4) is 0 Å². The Morgan fingerprint density at radius 3 is 1.16 bits per heavy atom. The molecule has 2 fully saturated rings. The predicted octanol–water partition coefficient (Wildman–Crippen LogP) is 4.80. The van der Waals surface area contributed by atoms with Gasteiger partial charge in [0.1, 0.15) is 37.5 Å². The van der Waals surface area contributed by atoms with Crippen LogP contribution in [0.15, 0.2) is 146 Å². The Labute approximate surface area is 459 Å². The molecule has 22 nitrogen and oxygen atoms in total. The van der Waals surface area contributed by atoms with Gasteiger partial charge in [-0.2, -0.15) is 0 Å². The second-order valence-electron chi connectivity index (χ2n) is 19.1. The van der Waals surface area contributed by atoms with E-state index in [1.54, 1.807) is 121 Å². The molecule has 5 aromatic carbocycles. The van der Waals surface area contributed by atoms with Crippen molar-refractivity contribution in [2.75, 3.05) is 13.1 Å². The number of aromatic carboxylic acids is 1. The summed E-state index contributed by atoms with van der Waals surface area (Å²) in [5, 5.41) is 41.1. The van der Waals surface area contributed by atoms with E-state index in [4.69, 9.17) is 37.9 Å². The van der Waals surface area contributed by atoms with Crippen molar-refractivity contribution < 1.29 is 91.6 Å². The molecule has 3 amide bonds. The van der Waals surface area contributed by atoms with Crippen molar-refractivity contribution >= 4 is 47.9 Å². The highest BCUT2D eigenvalue weighted by Crippen LogP contribution is 2.38. The molecule has 10 atom stereocenters. The number of ether oxygens (including phenoxy) is 8. The maximum Gasteiger partial charge on any atom is 0.408 e. The quantitative estimate of drug-likeness (QED) is 0.0516. The van der Waals surface area contributed by atoms with Gasteiger partial charge in [0.25, 0.3) is 5.91 Å². The first-order chi connectivity index (χ1) is 38.2. The van der Waals surface area contributed by atoms with Gasteiger partial charge in [0.15, 0.2) is 36.0 Å². The largest absolute Gasteiger partial charge is 0.478 e. The monoisotopic (exact) mass is 1100 g/mol. The zero-order valence-electron chi connectivity index (χ0n) is 44.0. The Balaban J connectivity index is 1.35. The van der Waals surface area contributed by atoms with Gasteiger partial charge in [0, 0.05) is 46.1 Å². The second kappa shape index (κ2) is 26.8. The number of carbonyl (C=O) groups is 8. The average Bonchev–Trinajstić information content (AvgIpc) is 3.43. The highest BCUT2D eigenvalue weighted by Gasteiger charge is 2.61. The van der Waals surface area contributed by atoms with Gasteiger partial charge >= 0.3 is 42.0 Å². The van der Waals surface area contributed by atoms with Crippen molar-refractivity contribution in [1.29, 1.82) is 0 Å². The fourth-order valence-electron chi connectivity index (χ4n) is 9.62. The summed E-state index contributed by atoms with van der Waals surface area (Å²) in [7, 11) is 0. The number of hydrogen-bond acceptors (Lipinski definition) is 18. The van der Waals surface area contributed by atoms with Crippen LogP contribution in [0.4, 0.5) is 9.59 Å². The lowest BCUT2D eigenvalue weighted by molar-refractivity contribution is -0.322. The lowest BCUT2D eigenvalue weighted by Gasteiger charge is -2.52. The molecule has 80 heavy (non-hydrogen) atoms. The summed E-state index contributed by atoms with van der Waals surface area (Å²) in [5.41, 5.74) is 1.45. The molecular weight excluding hydrogens is 1040 g/mol. The fraction of sp³-hybridized carbons (Fsp3) is 0.345. The van der Waals surface area contributed by atoms with Crippen LogP contribution < -0.4 is 10.6 Å². The van der Waals surface area contributed by atoms with Crippen LogP contribution in [0.5, 0.6) is 0 Å². The fourth-order valence-corrected chi connectivity index (χ4v) is 9.62. The van der Waals surface area contributed by atoms with Crippen LogP contribution >= 0.6 is 0 Å². The van der Waals surface area contributed by atoms with Crippen molar-refractivity contribution in [2.45, 2.75) is 114 Å². The Kier molecular flexibility index (Phi) is 19.7. The molecule has 2 aliphatic heterocycles. The van der Waals surface area contributed by atoms with Crippen LogP contribution in [-0.2, 0) is 83.1 Å². The van der Waals surface area contributed by atoms with Crippen LogP contribution in [0.1, 0.15) is 70.7 Å². The van der Waals surface area contributed by atoms with Crippen molar-refractivity contribution in [3.05, 3.63) is 179 Å². The zero-order valence-corrected chi connectivity index (χ0v) is 44.0. The number of carbonyl (C=O) groups excluding carboxylic acids is 7. The minimum atomic E-state index is -2.63. The summed E-state index contributed by atoms with van der Waals surface area (Å²) in [6.07, 6.45) is -13.9. The number of carboxylic acid groups (broad SMARTS) is 1. The third-order valence-corrected chi connectivity index (χ3v) is 12.9. The van der Waals surface area contributed by atoms with Gasteiger partial charge < -0.3 is 68.7 Å². The molecule has 2 saturated heterocycles. The normalized spacial score (nSPS) is 24.1. The summed E-state index contributed by atoms with van der Waals surface area (Å²) in [6, 6.07) is 35.0. The molecule has 5 aromatic rings. The van der Waals surface area contributed by atoms with E-state index in [1.807, 2.05) is 0 Å². The first kappa shape index (κ1) is 59.0. The molecule has 0 aromatic heterocycles. The van der Waals surface area contributed by atoms with Crippen molar-refractivity contribution in [1.82, 2.24) is 15.5 Å². The Bertz CT molecular complexity index is 2810. The van der Waals surface area contributed by atoms with E-state index in [2.05, 4.69) is 10.6 Å². The molecule has 5 N–H and O–H groups in total. The van der Waals surface area contributed by atoms with Crippen molar-refractivity contribution in [2.24, 2.45) is 0 Å². The van der Waals surface area contributed by atoms with E-state index >= 15 is 4.79 Å². The van der Waals surface area contributed by atoms with E-state index in [9.17, 15) is 48.9 Å². The number of rotatable bonds is 20. The van der Waals surface area contributed by atoms with Crippen LogP contribution in [0.3, 0.4) is 0 Å². The molecule has 22 heteroatoms. The van der Waals surface area contributed by atoms with Gasteiger partial charge in [-0.25, -0.2) is 14.4 Å². The molecule has 0 aliphatic carbocycles. The molecule has 0 bridgehead atoms. The average molecular weight is 1100 g/mol. The van der Waals surface area contributed by atoms with E-state index < -0.39 is 134 Å². The van der Waals surface area contributed by atoms with Crippen LogP contribution in [0.2, 0.25) is 0 Å². The standard InChI is InChI=1S/C58H61N3O19/c1-35(62)75-47-45(79-57(71,29-39-18-9-5-10-19-39)51(49(47)77-37(3)64)59-55(69)73-33-41-22-13-7-14-23-41)31-61(53(66)43-26-17-27-44(28-43)54(67)68)32-46-48(76-36(2)63)50(78-38(4)65)52(58(72,80-46)30-40-20-11-6-12-21-40)60-56(70)74-34-42-24-15-8-16-25-42/h5-28,45-52,71-72H,29-34H2,1-4H3,(H,59,69)(H,60,70)(H,67,68)/t45-,46-,47-,48-,49+,50+,51-,52-,57+,58+/m1/s1. The van der Waals surface area contributed by atoms with Gasteiger partial charge in [0.2, 0.25) is 0 Å². The Hall–Kier alpha value is -8.70. The molecular formula is C58H61N3O19. The molecule has 2 aliphatic rings. The molecule has 0 spiro atoms. The number of esters is 4. The number of aliphatic hydroxyl groups is 2. The third-order valence-electron chi connectivity index (χ3n) is 12.9. The van der Waals surface area contributed by atoms with Crippen LogP contribution in [0, 0.1) is 0 Å². The minimum absolute atomic E-state index is 0.239. The van der Waals surface area contributed by atoms with Crippen LogP contribution in [0.25, 0.3) is 0 Å². The minimum Gasteiger partial charge on any atom is -0.478 e. The number of nitrogens with one attached hydrogen (secondary N) is 2. The summed E-state index contributed by atoms with van der Waals surface area (Å²) >= 11 is 0.